The van der Waals surface area contributed by atoms with Crippen LogP contribution in [-0.4, -0.2) is 31.7 Å². The van der Waals surface area contributed by atoms with E-state index in [-0.39, 0.29) is 18.6 Å². The van der Waals surface area contributed by atoms with Crippen molar-refractivity contribution in [3.05, 3.63) is 18.2 Å². The number of rotatable bonds is 5. The Bertz CT molecular complexity index is 410. The number of hydrogen-bond acceptors (Lipinski definition) is 4. The van der Waals surface area contributed by atoms with Crippen LogP contribution in [0.15, 0.2) is 18.2 Å². The Hall–Kier alpha value is -1.62. The third-order valence-electron chi connectivity index (χ3n) is 2.16. The van der Waals surface area contributed by atoms with Crippen LogP contribution >= 0.6 is 11.6 Å². The van der Waals surface area contributed by atoms with Crippen molar-refractivity contribution in [2.45, 2.75) is 0 Å². The van der Waals surface area contributed by atoms with Crippen LogP contribution in [0, 0.1) is 0 Å². The summed E-state index contributed by atoms with van der Waals surface area (Å²) < 4.78 is 15.8. The van der Waals surface area contributed by atoms with E-state index in [1.165, 1.54) is 0 Å². The van der Waals surface area contributed by atoms with Crippen LogP contribution in [0.25, 0.3) is 0 Å². The molecule has 0 radical (unpaired) electrons. The molecule has 1 N–H and O–H groups in total. The van der Waals surface area contributed by atoms with Crippen molar-refractivity contribution in [1.82, 2.24) is 5.32 Å². The van der Waals surface area contributed by atoms with E-state index in [1.807, 2.05) is 0 Å². The molecule has 1 amide bonds. The largest absolute Gasteiger partial charge is 0.492 e. The summed E-state index contributed by atoms with van der Waals surface area (Å²) in [5.41, 5.74) is 0. The first-order valence-electron chi connectivity index (χ1n) is 5.14. The highest BCUT2D eigenvalue weighted by Gasteiger charge is 2.13. The standard InChI is InChI=1S/C11H12ClNO4/c12-6-11(14)13-3-4-15-8-1-2-9-10(5-8)17-7-16-9/h1-2,5H,3-4,6-7H2,(H,13,14). The maximum absolute atomic E-state index is 10.8. The lowest BCUT2D eigenvalue weighted by molar-refractivity contribution is -0.118. The number of hydrogen-bond donors (Lipinski definition) is 1. The topological polar surface area (TPSA) is 56.8 Å². The summed E-state index contributed by atoms with van der Waals surface area (Å²) in [5, 5.41) is 2.60. The summed E-state index contributed by atoms with van der Waals surface area (Å²) in [5.74, 6) is 1.82. The average molecular weight is 258 g/mol. The first-order chi connectivity index (χ1) is 8.29. The van der Waals surface area contributed by atoms with Crippen LogP contribution in [0.5, 0.6) is 17.2 Å². The summed E-state index contributed by atoms with van der Waals surface area (Å²) in [6, 6.07) is 5.33. The second kappa shape index (κ2) is 5.63. The minimum Gasteiger partial charge on any atom is -0.492 e. The fourth-order valence-corrected chi connectivity index (χ4v) is 1.47. The van der Waals surface area contributed by atoms with Gasteiger partial charge in [-0.2, -0.15) is 0 Å². The molecular formula is C11H12ClNO4. The lowest BCUT2D eigenvalue weighted by Crippen LogP contribution is -2.28. The van der Waals surface area contributed by atoms with Gasteiger partial charge < -0.3 is 19.5 Å². The Labute approximate surface area is 104 Å². The molecule has 1 aliphatic heterocycles. The molecule has 1 heterocycles. The zero-order valence-corrected chi connectivity index (χ0v) is 9.83. The van der Waals surface area contributed by atoms with Gasteiger partial charge in [0.15, 0.2) is 11.5 Å². The second-order valence-corrected chi connectivity index (χ2v) is 3.61. The predicted octanol–water partition coefficient (Wildman–Crippen LogP) is 1.15. The smallest absolute Gasteiger partial charge is 0.235 e. The minimum atomic E-state index is -0.207. The number of halogens is 1. The lowest BCUT2D eigenvalue weighted by Gasteiger charge is -2.07. The normalized spacial score (nSPS) is 12.3. The molecule has 0 fully saturated rings. The lowest BCUT2D eigenvalue weighted by atomic mass is 10.3. The quantitative estimate of drug-likeness (QED) is 0.635. The van der Waals surface area contributed by atoms with Crippen LogP contribution < -0.4 is 19.5 Å². The molecule has 0 saturated heterocycles. The molecule has 2 rings (SSSR count). The van der Waals surface area contributed by atoms with Crippen LogP contribution in [0.1, 0.15) is 0 Å². The van der Waals surface area contributed by atoms with E-state index in [1.54, 1.807) is 18.2 Å². The molecule has 5 nitrogen and oxygen atoms in total. The Morgan fingerprint density at radius 3 is 3.06 bits per heavy atom. The average Bonchev–Trinajstić information content (AvgIpc) is 2.81. The molecule has 0 aliphatic carbocycles. The number of carbonyl (C=O) groups is 1. The van der Waals surface area contributed by atoms with E-state index in [9.17, 15) is 4.79 Å². The number of carbonyl (C=O) groups excluding carboxylic acids is 1. The van der Waals surface area contributed by atoms with Crippen LogP contribution in [0.2, 0.25) is 0 Å². The van der Waals surface area contributed by atoms with Gasteiger partial charge in [-0.1, -0.05) is 0 Å². The first-order valence-corrected chi connectivity index (χ1v) is 5.68. The molecule has 1 aromatic carbocycles. The second-order valence-electron chi connectivity index (χ2n) is 3.35. The number of nitrogens with one attached hydrogen (secondary N) is 1. The zero-order chi connectivity index (χ0) is 12.1. The van der Waals surface area contributed by atoms with Crippen LogP contribution in [0.3, 0.4) is 0 Å². The Balaban J connectivity index is 1.78. The predicted molar refractivity (Wildman–Crippen MR) is 61.8 cm³/mol. The van der Waals surface area contributed by atoms with E-state index in [2.05, 4.69) is 5.32 Å². The van der Waals surface area contributed by atoms with E-state index in [0.29, 0.717) is 30.4 Å². The van der Waals surface area contributed by atoms with E-state index < -0.39 is 0 Å². The molecule has 17 heavy (non-hydrogen) atoms. The molecule has 1 aliphatic rings. The Morgan fingerprint density at radius 1 is 1.41 bits per heavy atom. The van der Waals surface area contributed by atoms with Gasteiger partial charge in [0.1, 0.15) is 18.2 Å². The van der Waals surface area contributed by atoms with Gasteiger partial charge in [-0.15, -0.1) is 11.6 Å². The molecule has 92 valence electrons. The van der Waals surface area contributed by atoms with Gasteiger partial charge in [-0.05, 0) is 12.1 Å². The SMILES string of the molecule is O=C(CCl)NCCOc1ccc2c(c1)OCO2. The highest BCUT2D eigenvalue weighted by atomic mass is 35.5. The molecular weight excluding hydrogens is 246 g/mol. The Kier molecular flexibility index (Phi) is 3.93. The van der Waals surface area contributed by atoms with Crippen molar-refractivity contribution in [3.8, 4) is 17.2 Å². The fraction of sp³-hybridized carbons (Fsp3) is 0.364. The number of benzene rings is 1. The van der Waals surface area contributed by atoms with Crippen molar-refractivity contribution >= 4 is 17.5 Å². The van der Waals surface area contributed by atoms with Crippen molar-refractivity contribution < 1.29 is 19.0 Å². The monoisotopic (exact) mass is 257 g/mol. The highest BCUT2D eigenvalue weighted by Crippen LogP contribution is 2.34. The van der Waals surface area contributed by atoms with Crippen molar-refractivity contribution in [3.63, 3.8) is 0 Å². The van der Waals surface area contributed by atoms with E-state index in [0.717, 1.165) is 0 Å². The van der Waals surface area contributed by atoms with Gasteiger partial charge in [0, 0.05) is 6.07 Å². The third kappa shape index (κ3) is 3.17. The number of ether oxygens (including phenoxy) is 3. The van der Waals surface area contributed by atoms with Crippen molar-refractivity contribution in [2.24, 2.45) is 0 Å². The fourth-order valence-electron chi connectivity index (χ4n) is 1.37. The number of fused-ring (bicyclic) bond motifs is 1. The number of amides is 1. The van der Waals surface area contributed by atoms with Gasteiger partial charge >= 0.3 is 0 Å². The zero-order valence-electron chi connectivity index (χ0n) is 9.07. The minimum absolute atomic E-state index is 0.0377. The molecule has 0 unspecified atom stereocenters. The van der Waals surface area contributed by atoms with Gasteiger partial charge in [0.2, 0.25) is 12.7 Å². The first kappa shape index (κ1) is 11.9. The van der Waals surface area contributed by atoms with Crippen molar-refractivity contribution in [2.75, 3.05) is 25.8 Å². The van der Waals surface area contributed by atoms with Gasteiger partial charge in [0.25, 0.3) is 0 Å². The Morgan fingerprint density at radius 2 is 2.24 bits per heavy atom. The van der Waals surface area contributed by atoms with Crippen LogP contribution in [-0.2, 0) is 4.79 Å². The molecule has 6 heteroatoms. The summed E-state index contributed by atoms with van der Waals surface area (Å²) in [4.78, 5) is 10.8. The highest BCUT2D eigenvalue weighted by molar-refractivity contribution is 6.27. The number of alkyl halides is 1. The maximum atomic E-state index is 10.8. The molecule has 0 bridgehead atoms. The third-order valence-corrected chi connectivity index (χ3v) is 2.40. The van der Waals surface area contributed by atoms with E-state index >= 15 is 0 Å². The van der Waals surface area contributed by atoms with Gasteiger partial charge in [-0.3, -0.25) is 4.79 Å². The summed E-state index contributed by atoms with van der Waals surface area (Å²) in [6.45, 7) is 1.03. The molecule has 0 spiro atoms. The maximum Gasteiger partial charge on any atom is 0.235 e. The summed E-state index contributed by atoms with van der Waals surface area (Å²) in [7, 11) is 0. The summed E-state index contributed by atoms with van der Waals surface area (Å²) in [6.07, 6.45) is 0. The molecule has 1 aromatic rings. The van der Waals surface area contributed by atoms with Crippen LogP contribution in [0.4, 0.5) is 0 Å². The summed E-state index contributed by atoms with van der Waals surface area (Å²) >= 11 is 5.33. The molecule has 0 atom stereocenters. The van der Waals surface area contributed by atoms with Crippen molar-refractivity contribution in [1.29, 1.82) is 0 Å². The molecule has 0 aromatic heterocycles. The van der Waals surface area contributed by atoms with Gasteiger partial charge in [-0.25, -0.2) is 0 Å². The molecule has 0 saturated carbocycles. The van der Waals surface area contributed by atoms with E-state index in [4.69, 9.17) is 25.8 Å². The van der Waals surface area contributed by atoms with Gasteiger partial charge in [0.05, 0.1) is 6.54 Å².